The van der Waals surface area contributed by atoms with Gasteiger partial charge in [-0.15, -0.1) is 0 Å². The molecule has 1 rings (SSSR count). The second-order valence-electron chi connectivity index (χ2n) is 4.74. The SMILES string of the molecule is CC(C)OC(=O)CCNC(=O)Nc1ccc(S(N)(=O)=O)cc1. The Morgan fingerprint density at radius 1 is 1.23 bits per heavy atom. The van der Waals surface area contributed by atoms with Gasteiger partial charge in [0, 0.05) is 12.2 Å². The quantitative estimate of drug-likeness (QED) is 0.665. The lowest BCUT2D eigenvalue weighted by Crippen LogP contribution is -2.31. The highest BCUT2D eigenvalue weighted by Crippen LogP contribution is 2.12. The standard InChI is InChI=1S/C13H19N3O5S/c1-9(2)21-12(17)7-8-15-13(18)16-10-3-5-11(6-4-10)22(14,19)20/h3-6,9H,7-8H2,1-2H3,(H2,14,19,20)(H2,15,16,18). The minimum atomic E-state index is -3.76. The average Bonchev–Trinajstić information content (AvgIpc) is 2.37. The lowest BCUT2D eigenvalue weighted by Gasteiger charge is -2.09. The number of hydrogen-bond donors (Lipinski definition) is 3. The van der Waals surface area contributed by atoms with E-state index in [1.807, 2.05) is 0 Å². The summed E-state index contributed by atoms with van der Waals surface area (Å²) in [6.07, 6.45) is -0.130. The van der Waals surface area contributed by atoms with Gasteiger partial charge < -0.3 is 15.4 Å². The molecule has 0 aliphatic heterocycles. The third-order valence-corrected chi connectivity index (χ3v) is 3.35. The van der Waals surface area contributed by atoms with Crippen LogP contribution in [0.15, 0.2) is 29.2 Å². The summed E-state index contributed by atoms with van der Waals surface area (Å²) in [7, 11) is -3.76. The predicted molar refractivity (Wildman–Crippen MR) is 80.7 cm³/mol. The number of sulfonamides is 1. The minimum absolute atomic E-state index is 0.0464. The number of nitrogens with two attached hydrogens (primary N) is 1. The first kappa shape index (κ1) is 17.9. The van der Waals surface area contributed by atoms with Crippen molar-refractivity contribution in [2.45, 2.75) is 31.3 Å². The first-order valence-corrected chi connectivity index (χ1v) is 8.10. The third-order valence-electron chi connectivity index (χ3n) is 2.42. The summed E-state index contributed by atoms with van der Waals surface area (Å²) in [5, 5.41) is 9.95. The summed E-state index contributed by atoms with van der Waals surface area (Å²) in [6, 6.07) is 4.87. The number of carbonyl (C=O) groups is 2. The molecule has 2 amide bonds. The van der Waals surface area contributed by atoms with Gasteiger partial charge >= 0.3 is 12.0 Å². The van der Waals surface area contributed by atoms with Crippen LogP contribution in [0, 0.1) is 0 Å². The summed E-state index contributed by atoms with van der Waals surface area (Å²) in [5.41, 5.74) is 0.398. The molecule has 1 aromatic carbocycles. The van der Waals surface area contributed by atoms with E-state index in [4.69, 9.17) is 9.88 Å². The van der Waals surface area contributed by atoms with Crippen LogP contribution in [0.2, 0.25) is 0 Å². The van der Waals surface area contributed by atoms with E-state index in [0.29, 0.717) is 5.69 Å². The van der Waals surface area contributed by atoms with E-state index in [0.717, 1.165) is 0 Å². The number of benzene rings is 1. The molecule has 1 aromatic rings. The van der Waals surface area contributed by atoms with E-state index in [1.54, 1.807) is 13.8 Å². The van der Waals surface area contributed by atoms with Gasteiger partial charge in [0.15, 0.2) is 0 Å². The van der Waals surface area contributed by atoms with Crippen LogP contribution in [0.5, 0.6) is 0 Å². The number of nitrogens with one attached hydrogen (secondary N) is 2. The van der Waals surface area contributed by atoms with Gasteiger partial charge in [0.25, 0.3) is 0 Å². The van der Waals surface area contributed by atoms with Gasteiger partial charge in [-0.1, -0.05) is 0 Å². The van der Waals surface area contributed by atoms with Crippen molar-refractivity contribution in [1.82, 2.24) is 5.32 Å². The van der Waals surface area contributed by atoms with Crippen LogP contribution in [-0.4, -0.2) is 33.1 Å². The number of ether oxygens (including phenoxy) is 1. The molecule has 122 valence electrons. The second kappa shape index (κ2) is 7.76. The van der Waals surface area contributed by atoms with Crippen LogP contribution >= 0.6 is 0 Å². The molecule has 0 heterocycles. The Labute approximate surface area is 129 Å². The van der Waals surface area contributed by atoms with E-state index in [-0.39, 0.29) is 24.0 Å². The maximum Gasteiger partial charge on any atom is 0.319 e. The van der Waals surface area contributed by atoms with Gasteiger partial charge in [0.2, 0.25) is 10.0 Å². The number of esters is 1. The monoisotopic (exact) mass is 329 g/mol. The number of primary sulfonamides is 1. The number of hydrogen-bond acceptors (Lipinski definition) is 5. The highest BCUT2D eigenvalue weighted by Gasteiger charge is 2.09. The Hall–Kier alpha value is -2.13. The summed E-state index contributed by atoms with van der Waals surface area (Å²) < 4.78 is 27.1. The van der Waals surface area contributed by atoms with Gasteiger partial charge in [0.05, 0.1) is 17.4 Å². The maximum atomic E-state index is 11.6. The molecule has 0 aliphatic rings. The Kier molecular flexibility index (Phi) is 6.32. The second-order valence-corrected chi connectivity index (χ2v) is 6.30. The van der Waals surface area contributed by atoms with E-state index in [9.17, 15) is 18.0 Å². The minimum Gasteiger partial charge on any atom is -0.463 e. The topological polar surface area (TPSA) is 128 Å². The van der Waals surface area contributed by atoms with Crippen molar-refractivity contribution in [2.75, 3.05) is 11.9 Å². The van der Waals surface area contributed by atoms with Crippen LogP contribution in [-0.2, 0) is 19.6 Å². The van der Waals surface area contributed by atoms with Crippen molar-refractivity contribution in [3.8, 4) is 0 Å². The summed E-state index contributed by atoms with van der Waals surface area (Å²) in [6.45, 7) is 3.61. The first-order chi connectivity index (χ1) is 10.2. The molecular formula is C13H19N3O5S. The van der Waals surface area contributed by atoms with Crippen LogP contribution < -0.4 is 15.8 Å². The molecule has 0 atom stereocenters. The fourth-order valence-electron chi connectivity index (χ4n) is 1.50. The van der Waals surface area contributed by atoms with E-state index >= 15 is 0 Å². The number of carbonyl (C=O) groups excluding carboxylic acids is 2. The van der Waals surface area contributed by atoms with Gasteiger partial charge in [0.1, 0.15) is 0 Å². The zero-order chi connectivity index (χ0) is 16.8. The number of urea groups is 1. The molecule has 0 aliphatic carbocycles. The van der Waals surface area contributed by atoms with Crippen molar-refractivity contribution in [2.24, 2.45) is 5.14 Å². The molecule has 0 saturated carbocycles. The van der Waals surface area contributed by atoms with Crippen LogP contribution in [0.4, 0.5) is 10.5 Å². The molecule has 4 N–H and O–H groups in total. The van der Waals surface area contributed by atoms with Gasteiger partial charge in [-0.2, -0.15) is 0 Å². The fourth-order valence-corrected chi connectivity index (χ4v) is 2.02. The van der Waals surface area contributed by atoms with Crippen LogP contribution in [0.1, 0.15) is 20.3 Å². The third kappa shape index (κ3) is 6.55. The van der Waals surface area contributed by atoms with Crippen molar-refractivity contribution >= 4 is 27.7 Å². The first-order valence-electron chi connectivity index (χ1n) is 6.55. The Morgan fingerprint density at radius 3 is 2.32 bits per heavy atom. The molecule has 0 bridgehead atoms. The summed E-state index contributed by atoms with van der Waals surface area (Å²) >= 11 is 0. The highest BCUT2D eigenvalue weighted by atomic mass is 32.2. The molecule has 0 fully saturated rings. The predicted octanol–water partition coefficient (Wildman–Crippen LogP) is 0.797. The largest absolute Gasteiger partial charge is 0.463 e. The van der Waals surface area contributed by atoms with E-state index < -0.39 is 22.0 Å². The van der Waals surface area contributed by atoms with Crippen molar-refractivity contribution < 1.29 is 22.7 Å². The smallest absolute Gasteiger partial charge is 0.319 e. The van der Waals surface area contributed by atoms with Crippen molar-refractivity contribution in [1.29, 1.82) is 0 Å². The van der Waals surface area contributed by atoms with E-state index in [1.165, 1.54) is 24.3 Å². The van der Waals surface area contributed by atoms with Crippen molar-refractivity contribution in [3.63, 3.8) is 0 Å². The Bertz CT molecular complexity index is 626. The highest BCUT2D eigenvalue weighted by molar-refractivity contribution is 7.89. The zero-order valence-corrected chi connectivity index (χ0v) is 13.1. The lowest BCUT2D eigenvalue weighted by molar-refractivity contribution is -0.147. The molecule has 0 saturated heterocycles. The molecule has 0 aromatic heterocycles. The Balaban J connectivity index is 2.41. The average molecular weight is 329 g/mol. The Morgan fingerprint density at radius 2 is 1.82 bits per heavy atom. The van der Waals surface area contributed by atoms with Crippen LogP contribution in [0.25, 0.3) is 0 Å². The zero-order valence-electron chi connectivity index (χ0n) is 12.3. The molecule has 0 radical (unpaired) electrons. The van der Waals surface area contributed by atoms with Crippen LogP contribution in [0.3, 0.4) is 0 Å². The van der Waals surface area contributed by atoms with Crippen molar-refractivity contribution in [3.05, 3.63) is 24.3 Å². The normalized spacial score (nSPS) is 11.1. The molecular weight excluding hydrogens is 310 g/mol. The molecule has 0 unspecified atom stereocenters. The molecule has 9 heteroatoms. The van der Waals surface area contributed by atoms with Gasteiger partial charge in [-0.3, -0.25) is 4.79 Å². The molecule has 22 heavy (non-hydrogen) atoms. The molecule has 0 spiro atoms. The van der Waals surface area contributed by atoms with Gasteiger partial charge in [-0.25, -0.2) is 18.4 Å². The number of anilines is 1. The lowest BCUT2D eigenvalue weighted by atomic mass is 10.3. The number of rotatable bonds is 6. The summed E-state index contributed by atoms with van der Waals surface area (Å²) in [4.78, 5) is 22.8. The summed E-state index contributed by atoms with van der Waals surface area (Å²) in [5.74, 6) is -0.396. The van der Waals surface area contributed by atoms with E-state index in [2.05, 4.69) is 10.6 Å². The van der Waals surface area contributed by atoms with Gasteiger partial charge in [-0.05, 0) is 38.1 Å². The maximum absolute atomic E-state index is 11.6. The fraction of sp³-hybridized carbons (Fsp3) is 0.385. The number of amides is 2. The molecule has 8 nitrogen and oxygen atoms in total.